The fraction of sp³-hybridized carbons (Fsp3) is 0. The Labute approximate surface area is 87.0 Å². The molecule has 0 saturated heterocycles. The van der Waals surface area contributed by atoms with Gasteiger partial charge in [0.1, 0.15) is 5.82 Å². The van der Waals surface area contributed by atoms with Gasteiger partial charge in [-0.2, -0.15) is 4.39 Å². The van der Waals surface area contributed by atoms with Crippen molar-refractivity contribution in [3.8, 4) is 0 Å². The van der Waals surface area contributed by atoms with Crippen molar-refractivity contribution in [1.82, 2.24) is 0 Å². The summed E-state index contributed by atoms with van der Waals surface area (Å²) >= 11 is 2.92. The summed E-state index contributed by atoms with van der Waals surface area (Å²) < 4.78 is 25.7. The number of aliphatic carboxylic acids is 1. The number of hydrogen-bond acceptors (Lipinski definition) is 1. The molecule has 0 bridgehead atoms. The number of halogens is 3. The first-order chi connectivity index (χ1) is 6.50. The quantitative estimate of drug-likeness (QED) is 0.833. The summed E-state index contributed by atoms with van der Waals surface area (Å²) in [5.74, 6) is -3.57. The summed E-state index contributed by atoms with van der Waals surface area (Å²) in [5.41, 5.74) is 0.158. The van der Waals surface area contributed by atoms with Crippen molar-refractivity contribution in [2.45, 2.75) is 0 Å². The van der Waals surface area contributed by atoms with Gasteiger partial charge >= 0.3 is 5.97 Å². The van der Waals surface area contributed by atoms with Gasteiger partial charge in [0.15, 0.2) is 0 Å². The highest BCUT2D eigenvalue weighted by molar-refractivity contribution is 9.10. The number of hydrogen-bond donors (Lipinski definition) is 1. The molecule has 14 heavy (non-hydrogen) atoms. The normalized spacial score (nSPS) is 11.5. The largest absolute Gasteiger partial charge is 0.476 e. The van der Waals surface area contributed by atoms with Gasteiger partial charge in [0.2, 0.25) is 5.83 Å². The Balaban J connectivity index is 3.04. The van der Waals surface area contributed by atoms with Gasteiger partial charge in [-0.15, -0.1) is 0 Å². The van der Waals surface area contributed by atoms with Crippen molar-refractivity contribution in [2.24, 2.45) is 0 Å². The molecule has 1 N–H and O–H groups in total. The lowest BCUT2D eigenvalue weighted by molar-refractivity contribution is -0.134. The van der Waals surface area contributed by atoms with Crippen LogP contribution in [0.25, 0.3) is 6.08 Å². The molecule has 0 unspecified atom stereocenters. The number of carboxylic acid groups (broad SMARTS) is 1. The van der Waals surface area contributed by atoms with Gasteiger partial charge in [-0.3, -0.25) is 0 Å². The third-order valence-corrected chi connectivity index (χ3v) is 2.08. The average Bonchev–Trinajstić information content (AvgIpc) is 2.11. The van der Waals surface area contributed by atoms with Gasteiger partial charge in [0.25, 0.3) is 0 Å². The standard InChI is InChI=1S/C9H5BrF2O2/c10-6-2-1-5(3-7(6)11)4-8(12)9(13)14/h1-4H,(H,13,14)/b8-4-. The molecular weight excluding hydrogens is 258 g/mol. The van der Waals surface area contributed by atoms with Crippen LogP contribution in [0.1, 0.15) is 5.56 Å². The molecule has 0 aliphatic rings. The molecule has 1 rings (SSSR count). The van der Waals surface area contributed by atoms with Gasteiger partial charge in [0, 0.05) is 0 Å². The number of carbonyl (C=O) groups is 1. The molecular formula is C9H5BrF2O2. The van der Waals surface area contributed by atoms with E-state index < -0.39 is 17.6 Å². The minimum Gasteiger partial charge on any atom is -0.476 e. The molecule has 0 heterocycles. The molecule has 1 aromatic rings. The summed E-state index contributed by atoms with van der Waals surface area (Å²) in [6.45, 7) is 0. The highest BCUT2D eigenvalue weighted by Gasteiger charge is 2.06. The molecule has 0 spiro atoms. The Morgan fingerprint density at radius 3 is 2.64 bits per heavy atom. The van der Waals surface area contributed by atoms with Crippen molar-refractivity contribution >= 4 is 28.0 Å². The zero-order valence-corrected chi connectivity index (χ0v) is 8.38. The van der Waals surface area contributed by atoms with Crippen LogP contribution in [0, 0.1) is 5.82 Å². The minimum absolute atomic E-state index is 0.158. The third-order valence-electron chi connectivity index (χ3n) is 1.44. The summed E-state index contributed by atoms with van der Waals surface area (Å²) in [6, 6.07) is 3.80. The van der Waals surface area contributed by atoms with E-state index in [1.165, 1.54) is 12.1 Å². The first-order valence-electron chi connectivity index (χ1n) is 3.56. The van der Waals surface area contributed by atoms with Gasteiger partial charge in [0.05, 0.1) is 4.47 Å². The summed E-state index contributed by atoms with van der Waals surface area (Å²) in [6.07, 6.45) is 0.748. The zero-order valence-electron chi connectivity index (χ0n) is 6.80. The van der Waals surface area contributed by atoms with Crippen LogP contribution in [0.2, 0.25) is 0 Å². The van der Waals surface area contributed by atoms with E-state index in [0.717, 1.165) is 12.1 Å². The van der Waals surface area contributed by atoms with E-state index in [4.69, 9.17) is 5.11 Å². The lowest BCUT2D eigenvalue weighted by Crippen LogP contribution is -1.94. The van der Waals surface area contributed by atoms with Crippen LogP contribution in [0.4, 0.5) is 8.78 Å². The van der Waals surface area contributed by atoms with Crippen LogP contribution in [-0.2, 0) is 4.79 Å². The maximum absolute atomic E-state index is 12.9. The molecule has 2 nitrogen and oxygen atoms in total. The highest BCUT2D eigenvalue weighted by Crippen LogP contribution is 2.18. The van der Waals surface area contributed by atoms with Crippen LogP contribution >= 0.6 is 15.9 Å². The van der Waals surface area contributed by atoms with Crippen molar-refractivity contribution in [3.05, 3.63) is 39.9 Å². The number of carboxylic acids is 1. The lowest BCUT2D eigenvalue weighted by Gasteiger charge is -1.96. The van der Waals surface area contributed by atoms with Gasteiger partial charge in [-0.25, -0.2) is 9.18 Å². The fourth-order valence-electron chi connectivity index (χ4n) is 0.810. The second-order valence-electron chi connectivity index (χ2n) is 2.47. The smallest absolute Gasteiger partial charge is 0.364 e. The van der Waals surface area contributed by atoms with E-state index in [1.807, 2.05) is 0 Å². The lowest BCUT2D eigenvalue weighted by atomic mass is 10.2. The van der Waals surface area contributed by atoms with E-state index in [2.05, 4.69) is 15.9 Å². The first kappa shape index (κ1) is 10.8. The molecule has 0 fully saturated rings. The summed E-state index contributed by atoms with van der Waals surface area (Å²) in [7, 11) is 0. The van der Waals surface area contributed by atoms with Gasteiger partial charge in [-0.1, -0.05) is 6.07 Å². The summed E-state index contributed by atoms with van der Waals surface area (Å²) in [4.78, 5) is 10.1. The van der Waals surface area contributed by atoms with E-state index in [0.29, 0.717) is 0 Å². The van der Waals surface area contributed by atoms with E-state index in [-0.39, 0.29) is 10.0 Å². The monoisotopic (exact) mass is 262 g/mol. The van der Waals surface area contributed by atoms with Crippen LogP contribution in [0.5, 0.6) is 0 Å². The Bertz CT molecular complexity index is 402. The van der Waals surface area contributed by atoms with Crippen molar-refractivity contribution in [1.29, 1.82) is 0 Å². The molecule has 74 valence electrons. The minimum atomic E-state index is -1.67. The number of benzene rings is 1. The molecule has 0 atom stereocenters. The van der Waals surface area contributed by atoms with E-state index in [1.54, 1.807) is 0 Å². The van der Waals surface area contributed by atoms with Crippen LogP contribution < -0.4 is 0 Å². The molecule has 0 amide bonds. The average molecular weight is 263 g/mol. The Morgan fingerprint density at radius 2 is 2.14 bits per heavy atom. The Morgan fingerprint density at radius 1 is 1.50 bits per heavy atom. The van der Waals surface area contributed by atoms with Gasteiger partial charge in [-0.05, 0) is 39.7 Å². The van der Waals surface area contributed by atoms with Crippen molar-refractivity contribution in [2.75, 3.05) is 0 Å². The predicted molar refractivity (Wildman–Crippen MR) is 50.8 cm³/mol. The van der Waals surface area contributed by atoms with Crippen molar-refractivity contribution < 1.29 is 18.7 Å². The van der Waals surface area contributed by atoms with E-state index >= 15 is 0 Å². The van der Waals surface area contributed by atoms with E-state index in [9.17, 15) is 13.6 Å². The molecule has 1 aromatic carbocycles. The predicted octanol–water partition coefficient (Wildman–Crippen LogP) is 2.98. The first-order valence-corrected chi connectivity index (χ1v) is 4.35. The molecule has 0 saturated carbocycles. The second kappa shape index (κ2) is 4.32. The van der Waals surface area contributed by atoms with Crippen molar-refractivity contribution in [3.63, 3.8) is 0 Å². The fourth-order valence-corrected chi connectivity index (χ4v) is 1.06. The Hall–Kier alpha value is -1.23. The van der Waals surface area contributed by atoms with Gasteiger partial charge < -0.3 is 5.11 Å². The highest BCUT2D eigenvalue weighted by atomic mass is 79.9. The summed E-state index contributed by atoms with van der Waals surface area (Å²) in [5, 5.41) is 8.22. The molecule has 5 heteroatoms. The molecule has 0 aliphatic carbocycles. The second-order valence-corrected chi connectivity index (χ2v) is 3.33. The zero-order chi connectivity index (χ0) is 10.7. The maximum atomic E-state index is 12.9. The SMILES string of the molecule is O=C(O)/C(F)=C/c1ccc(Br)c(F)c1. The Kier molecular flexibility index (Phi) is 3.35. The number of rotatable bonds is 2. The van der Waals surface area contributed by atoms with Crippen LogP contribution in [-0.4, -0.2) is 11.1 Å². The maximum Gasteiger partial charge on any atom is 0.364 e. The van der Waals surface area contributed by atoms with Crippen LogP contribution in [0.15, 0.2) is 28.5 Å². The third kappa shape index (κ3) is 2.63. The topological polar surface area (TPSA) is 37.3 Å². The van der Waals surface area contributed by atoms with Crippen LogP contribution in [0.3, 0.4) is 0 Å². The molecule has 0 radical (unpaired) electrons. The molecule has 0 aromatic heterocycles. The molecule has 0 aliphatic heterocycles.